The molecule has 0 fully saturated rings. The number of aromatic nitrogens is 2. The van der Waals surface area contributed by atoms with Crippen molar-refractivity contribution in [2.75, 3.05) is 12.3 Å². The van der Waals surface area contributed by atoms with Crippen molar-refractivity contribution in [2.45, 2.75) is 128 Å². The summed E-state index contributed by atoms with van der Waals surface area (Å²) in [6.45, 7) is 7.08. The van der Waals surface area contributed by atoms with Gasteiger partial charge in [0, 0.05) is 43.5 Å². The van der Waals surface area contributed by atoms with Crippen LogP contribution in [0.15, 0.2) is 72.1 Å². The van der Waals surface area contributed by atoms with Crippen LogP contribution >= 0.6 is 11.8 Å². The highest BCUT2D eigenvalue weighted by Crippen LogP contribution is 2.16. The SMILES string of the molecule is CC(C)C[C@H](NC(=O)[C@H](Cc1ccccc1)NC(=O)[C@@H](NC(=O)[C@H](Cc1cnc[nH]1)NC(=O)[C@H](CCC(N)=O)NC(=O)[C@@H](N)Cc1ccc(O)cc1)C(C)C)C(=O)N[C@@H](CCCN=C(N)N)C(=O)SCCC(=O)O. The first kappa shape index (κ1) is 60.8. The van der Waals surface area contributed by atoms with Crippen LogP contribution in [-0.4, -0.2) is 133 Å². The molecule has 0 saturated carbocycles. The number of aromatic hydroxyl groups is 1. The largest absolute Gasteiger partial charge is 0.508 e. The summed E-state index contributed by atoms with van der Waals surface area (Å²) >= 11 is 0.743. The number of phenolic OH excluding ortho intramolecular Hbond substituents is 1. The number of hydrogen-bond acceptors (Lipinski definition) is 14. The Morgan fingerprint density at radius 2 is 1.23 bits per heavy atom. The van der Waals surface area contributed by atoms with Crippen molar-refractivity contribution < 1.29 is 53.4 Å². The third kappa shape index (κ3) is 22.5. The number of amides is 7. The summed E-state index contributed by atoms with van der Waals surface area (Å²) < 4.78 is 0. The van der Waals surface area contributed by atoms with Gasteiger partial charge < -0.3 is 70.0 Å². The van der Waals surface area contributed by atoms with E-state index in [9.17, 15) is 48.3 Å². The maximum absolute atomic E-state index is 14.4. The number of carbonyl (C=O) groups is 9. The van der Waals surface area contributed by atoms with Gasteiger partial charge in [-0.3, -0.25) is 48.1 Å². The second-order valence-electron chi connectivity index (χ2n) is 18.4. The number of carboxylic acids is 1. The van der Waals surface area contributed by atoms with Crippen molar-refractivity contribution in [3.8, 4) is 5.75 Å². The van der Waals surface area contributed by atoms with Gasteiger partial charge in [-0.05, 0) is 67.2 Å². The zero-order chi connectivity index (χ0) is 54.9. The molecule has 0 radical (unpaired) electrons. The number of guanidine groups is 1. The van der Waals surface area contributed by atoms with E-state index in [1.807, 2.05) is 13.8 Å². The fraction of sp³-hybridized carbons (Fsp3) is 0.490. The normalized spacial score (nSPS) is 13.9. The number of aliphatic carboxylic acids is 1. The summed E-state index contributed by atoms with van der Waals surface area (Å²) in [6.07, 6.45) is 2.17. The standard InChI is InChI=1S/C49H71N13O11S/c1-27(2)21-36(44(69)58-35(11-8-19-55-49(52)53)48(73)74-20-18-40(65)66)59-45(70)37(23-29-9-6-5-7-10-29)61-47(72)41(28(3)4)62-46(71)38(24-31-25-54-26-56-31)60-43(68)34(16-17-39(51)64)57-42(67)33(50)22-30-12-14-32(63)15-13-30/h5-7,9-10,12-15,25-28,33-38,41,63H,8,11,16-24,50H2,1-4H3,(H2,51,64)(H,54,56)(H,57,67)(H,58,69)(H,59,70)(H,60,68)(H,61,72)(H,62,71)(H,65,66)(H4,52,53,55)/t33-,34-,35-,36-,37-,38-,41-/m0/s1. The van der Waals surface area contributed by atoms with Crippen molar-refractivity contribution in [3.63, 3.8) is 0 Å². The number of hydrogen-bond donors (Lipinski definition) is 13. The number of rotatable bonds is 32. The van der Waals surface area contributed by atoms with Crippen LogP contribution in [0.25, 0.3) is 0 Å². The number of imidazole rings is 1. The number of primary amides is 1. The fourth-order valence-electron chi connectivity index (χ4n) is 7.36. The molecule has 74 heavy (non-hydrogen) atoms. The van der Waals surface area contributed by atoms with Crippen LogP contribution in [0.3, 0.4) is 0 Å². The first-order chi connectivity index (χ1) is 35.0. The number of thioether (sulfide) groups is 1. The van der Waals surface area contributed by atoms with E-state index >= 15 is 0 Å². The van der Waals surface area contributed by atoms with E-state index in [4.69, 9.17) is 28.0 Å². The molecule has 404 valence electrons. The van der Waals surface area contributed by atoms with Crippen molar-refractivity contribution in [2.24, 2.45) is 39.8 Å². The number of aliphatic imine (C=N–C) groups is 1. The minimum atomic E-state index is -1.41. The Morgan fingerprint density at radius 1 is 0.662 bits per heavy atom. The lowest BCUT2D eigenvalue weighted by Crippen LogP contribution is -2.61. The zero-order valence-electron chi connectivity index (χ0n) is 42.0. The lowest BCUT2D eigenvalue weighted by Gasteiger charge is -2.29. The van der Waals surface area contributed by atoms with Crippen LogP contribution in [0.1, 0.15) is 83.0 Å². The number of phenols is 1. The third-order valence-corrected chi connectivity index (χ3v) is 12.2. The van der Waals surface area contributed by atoms with Gasteiger partial charge in [0.25, 0.3) is 0 Å². The smallest absolute Gasteiger partial charge is 0.304 e. The van der Waals surface area contributed by atoms with Gasteiger partial charge in [-0.25, -0.2) is 4.98 Å². The zero-order valence-corrected chi connectivity index (χ0v) is 42.8. The Kier molecular flexibility index (Phi) is 25.6. The van der Waals surface area contributed by atoms with E-state index < -0.39 is 101 Å². The minimum Gasteiger partial charge on any atom is -0.508 e. The molecule has 2 aromatic carbocycles. The van der Waals surface area contributed by atoms with E-state index in [1.165, 1.54) is 24.7 Å². The molecule has 1 aromatic heterocycles. The molecule has 7 atom stereocenters. The van der Waals surface area contributed by atoms with Crippen molar-refractivity contribution in [1.82, 2.24) is 41.9 Å². The summed E-state index contributed by atoms with van der Waals surface area (Å²) in [5, 5.41) is 34.3. The van der Waals surface area contributed by atoms with Gasteiger partial charge in [-0.1, -0.05) is 81.9 Å². The second kappa shape index (κ2) is 31.1. The average Bonchev–Trinajstić information content (AvgIpc) is 3.85. The molecular formula is C49H71N13O11S. The minimum absolute atomic E-state index is 0.0121. The van der Waals surface area contributed by atoms with Gasteiger partial charge in [0.05, 0.1) is 24.8 Å². The number of aromatic amines is 1. The van der Waals surface area contributed by atoms with E-state index in [0.29, 0.717) is 16.8 Å². The summed E-state index contributed by atoms with van der Waals surface area (Å²) in [5.41, 5.74) is 24.1. The van der Waals surface area contributed by atoms with Gasteiger partial charge in [-0.2, -0.15) is 0 Å². The summed E-state index contributed by atoms with van der Waals surface area (Å²) in [4.78, 5) is 131. The Morgan fingerprint density at radius 3 is 1.82 bits per heavy atom. The maximum atomic E-state index is 14.4. The number of nitrogens with one attached hydrogen (secondary N) is 7. The molecule has 0 aliphatic rings. The number of nitrogens with two attached hydrogens (primary N) is 4. The van der Waals surface area contributed by atoms with Gasteiger partial charge in [0.15, 0.2) is 5.96 Å². The number of H-pyrrole nitrogens is 1. The van der Waals surface area contributed by atoms with Crippen LogP contribution in [0.4, 0.5) is 0 Å². The highest BCUT2D eigenvalue weighted by Gasteiger charge is 2.35. The predicted octanol–water partition coefficient (Wildman–Crippen LogP) is -0.865. The topological polar surface area (TPSA) is 411 Å². The molecule has 0 saturated heterocycles. The molecule has 3 aromatic rings. The molecule has 0 aliphatic carbocycles. The fourth-order valence-corrected chi connectivity index (χ4v) is 8.22. The molecule has 0 bridgehead atoms. The molecule has 1 heterocycles. The lowest BCUT2D eigenvalue weighted by atomic mass is 9.99. The van der Waals surface area contributed by atoms with Gasteiger partial charge in [-0.15, -0.1) is 0 Å². The molecule has 0 unspecified atom stereocenters. The molecule has 25 heteroatoms. The van der Waals surface area contributed by atoms with Crippen LogP contribution in [0.5, 0.6) is 5.75 Å². The van der Waals surface area contributed by atoms with E-state index in [2.05, 4.69) is 46.9 Å². The monoisotopic (exact) mass is 1050 g/mol. The van der Waals surface area contributed by atoms with Crippen LogP contribution in [0.2, 0.25) is 0 Å². The van der Waals surface area contributed by atoms with Gasteiger partial charge in [0.1, 0.15) is 36.0 Å². The number of carbonyl (C=O) groups excluding carboxylic acids is 8. The summed E-state index contributed by atoms with van der Waals surface area (Å²) in [6, 6.07) is 5.78. The van der Waals surface area contributed by atoms with Crippen molar-refractivity contribution >= 4 is 70.2 Å². The van der Waals surface area contributed by atoms with Gasteiger partial charge in [0.2, 0.25) is 46.5 Å². The quantitative estimate of drug-likeness (QED) is 0.0205. The maximum Gasteiger partial charge on any atom is 0.304 e. The van der Waals surface area contributed by atoms with E-state index in [1.54, 1.807) is 56.3 Å². The summed E-state index contributed by atoms with van der Waals surface area (Å²) in [5.74, 6) is -7.57. The Labute approximate surface area is 433 Å². The number of carboxylic acid groups (broad SMARTS) is 1. The van der Waals surface area contributed by atoms with Gasteiger partial charge >= 0.3 is 5.97 Å². The molecule has 17 N–H and O–H groups in total. The molecule has 0 spiro atoms. The van der Waals surface area contributed by atoms with Crippen molar-refractivity contribution in [3.05, 3.63) is 83.9 Å². The highest BCUT2D eigenvalue weighted by atomic mass is 32.2. The van der Waals surface area contributed by atoms with Crippen LogP contribution in [-0.2, 0) is 62.4 Å². The molecule has 7 amide bonds. The average molecular weight is 1050 g/mol. The van der Waals surface area contributed by atoms with E-state index in [-0.39, 0.29) is 87.7 Å². The van der Waals surface area contributed by atoms with E-state index in [0.717, 1.165) is 11.8 Å². The summed E-state index contributed by atoms with van der Waals surface area (Å²) in [7, 11) is 0. The molecule has 0 aliphatic heterocycles. The Bertz CT molecular complexity index is 2370. The second-order valence-corrected chi connectivity index (χ2v) is 19.5. The lowest BCUT2D eigenvalue weighted by molar-refractivity contribution is -0.136. The van der Waals surface area contributed by atoms with Crippen LogP contribution in [0, 0.1) is 11.8 Å². The first-order valence-corrected chi connectivity index (χ1v) is 25.1. The molecule has 24 nitrogen and oxygen atoms in total. The number of benzene rings is 2. The number of nitrogens with zero attached hydrogens (tertiary/aromatic N) is 2. The van der Waals surface area contributed by atoms with Crippen molar-refractivity contribution in [1.29, 1.82) is 0 Å². The first-order valence-electron chi connectivity index (χ1n) is 24.1. The Balaban J connectivity index is 1.89. The predicted molar refractivity (Wildman–Crippen MR) is 276 cm³/mol. The Hall–Kier alpha value is -7.54. The molecule has 3 rings (SSSR count). The molecular weight excluding hydrogens is 979 g/mol. The van der Waals surface area contributed by atoms with Crippen LogP contribution < -0.4 is 54.8 Å². The third-order valence-electron chi connectivity index (χ3n) is 11.3. The highest BCUT2D eigenvalue weighted by molar-refractivity contribution is 8.13.